The lowest BCUT2D eigenvalue weighted by Crippen LogP contribution is -2.29. The Balaban J connectivity index is 2.28. The fourth-order valence-electron chi connectivity index (χ4n) is 1.44. The first kappa shape index (κ1) is 7.12. The van der Waals surface area contributed by atoms with Crippen LogP contribution in [-0.2, 0) is 9.59 Å². The fraction of sp³-hybridized carbons (Fsp3) is 0.667. The van der Waals surface area contributed by atoms with Crippen molar-refractivity contribution < 1.29 is 14.7 Å². The predicted molar refractivity (Wildman–Crippen MR) is 38.9 cm³/mol. The minimum Gasteiger partial charge on any atom is -0.391 e. The van der Waals surface area contributed by atoms with Crippen molar-refractivity contribution in [1.82, 2.24) is 5.32 Å². The minimum absolute atomic E-state index is 0.249. The zero-order valence-electron chi connectivity index (χ0n) is 5.61. The summed E-state index contributed by atoms with van der Waals surface area (Å²) in [5, 5.41) is 11.1. The summed E-state index contributed by atoms with van der Waals surface area (Å²) in [7, 11) is 0. The summed E-state index contributed by atoms with van der Waals surface area (Å²) in [6, 6.07) is 0. The van der Waals surface area contributed by atoms with Crippen molar-refractivity contribution in [2.45, 2.75) is 11.4 Å². The molecule has 0 radical (unpaired) electrons. The number of nitrogens with one attached hydrogen (secondary N) is 1. The Morgan fingerprint density at radius 2 is 2.18 bits per heavy atom. The van der Waals surface area contributed by atoms with Gasteiger partial charge in [0.2, 0.25) is 11.8 Å². The lowest BCUT2D eigenvalue weighted by atomic mass is 10.0. The number of hydrogen-bond donors (Lipinski definition) is 2. The third kappa shape index (κ3) is 0.877. The molecule has 3 atom stereocenters. The average molecular weight is 173 g/mol. The lowest BCUT2D eigenvalue weighted by molar-refractivity contribution is -0.126. The molecule has 5 heteroatoms. The van der Waals surface area contributed by atoms with Gasteiger partial charge in [0.15, 0.2) is 0 Å². The number of carbonyl (C=O) groups is 2. The van der Waals surface area contributed by atoms with E-state index in [1.807, 2.05) is 0 Å². The zero-order valence-corrected chi connectivity index (χ0v) is 6.43. The van der Waals surface area contributed by atoms with Gasteiger partial charge in [0.1, 0.15) is 0 Å². The highest BCUT2D eigenvalue weighted by Gasteiger charge is 2.50. The van der Waals surface area contributed by atoms with Crippen molar-refractivity contribution >= 4 is 23.6 Å². The van der Waals surface area contributed by atoms with Crippen LogP contribution in [-0.4, -0.2) is 34.0 Å². The lowest BCUT2D eigenvalue weighted by Gasteiger charge is -2.05. The highest BCUT2D eigenvalue weighted by molar-refractivity contribution is 8.01. The van der Waals surface area contributed by atoms with Crippen molar-refractivity contribution in [3.8, 4) is 0 Å². The van der Waals surface area contributed by atoms with Gasteiger partial charge in [-0.15, -0.1) is 11.8 Å². The number of fused-ring (bicyclic) bond motifs is 1. The SMILES string of the molecule is O=C1NC(=O)C2C(O)CSC12. The van der Waals surface area contributed by atoms with E-state index in [4.69, 9.17) is 0 Å². The Hall–Kier alpha value is -0.550. The largest absolute Gasteiger partial charge is 0.391 e. The van der Waals surface area contributed by atoms with E-state index in [1.54, 1.807) is 0 Å². The highest BCUT2D eigenvalue weighted by atomic mass is 32.2. The summed E-state index contributed by atoms with van der Waals surface area (Å²) in [4.78, 5) is 21.9. The standard InChI is InChI=1S/C6H7NO3S/c8-2-1-11-4-3(2)5(9)7-6(4)10/h2-4,8H,1H2,(H,7,9,10). The first-order valence-electron chi connectivity index (χ1n) is 3.34. The van der Waals surface area contributed by atoms with Gasteiger partial charge in [0.05, 0.1) is 17.3 Å². The zero-order chi connectivity index (χ0) is 8.01. The van der Waals surface area contributed by atoms with Crippen LogP contribution in [0.3, 0.4) is 0 Å². The van der Waals surface area contributed by atoms with E-state index in [0.717, 1.165) is 0 Å². The maximum absolute atomic E-state index is 11.0. The van der Waals surface area contributed by atoms with E-state index < -0.39 is 12.0 Å². The van der Waals surface area contributed by atoms with E-state index in [-0.39, 0.29) is 17.1 Å². The molecule has 2 rings (SSSR count). The van der Waals surface area contributed by atoms with Gasteiger partial charge in [-0.3, -0.25) is 14.9 Å². The third-order valence-electron chi connectivity index (χ3n) is 1.99. The molecule has 2 saturated heterocycles. The number of aliphatic hydroxyl groups is 1. The number of aliphatic hydroxyl groups excluding tert-OH is 1. The van der Waals surface area contributed by atoms with Gasteiger partial charge >= 0.3 is 0 Å². The molecule has 3 unspecified atom stereocenters. The molecule has 0 aromatic heterocycles. The maximum Gasteiger partial charge on any atom is 0.240 e. The molecule has 2 N–H and O–H groups in total. The first-order valence-corrected chi connectivity index (χ1v) is 4.39. The molecule has 11 heavy (non-hydrogen) atoms. The van der Waals surface area contributed by atoms with Gasteiger partial charge in [-0.05, 0) is 0 Å². The van der Waals surface area contributed by atoms with Gasteiger partial charge in [0.25, 0.3) is 0 Å². The Labute approximate surface area is 67.3 Å². The number of carbonyl (C=O) groups excluding carboxylic acids is 2. The molecule has 60 valence electrons. The summed E-state index contributed by atoms with van der Waals surface area (Å²) < 4.78 is 0. The molecule has 0 saturated carbocycles. The van der Waals surface area contributed by atoms with Crippen molar-refractivity contribution in [2.75, 3.05) is 5.75 Å². The topological polar surface area (TPSA) is 66.4 Å². The molecule has 2 aliphatic rings. The Bertz CT molecular complexity index is 230. The quantitative estimate of drug-likeness (QED) is 0.448. The maximum atomic E-state index is 11.0. The van der Waals surface area contributed by atoms with Crippen molar-refractivity contribution in [2.24, 2.45) is 5.92 Å². The van der Waals surface area contributed by atoms with Crippen LogP contribution < -0.4 is 5.32 Å². The van der Waals surface area contributed by atoms with Crippen LogP contribution in [0.15, 0.2) is 0 Å². The van der Waals surface area contributed by atoms with Crippen molar-refractivity contribution in [3.63, 3.8) is 0 Å². The number of hydrogen-bond acceptors (Lipinski definition) is 4. The molecular weight excluding hydrogens is 166 g/mol. The molecule has 0 aliphatic carbocycles. The third-order valence-corrected chi connectivity index (χ3v) is 3.40. The molecule has 2 aliphatic heterocycles. The molecule has 2 amide bonds. The van der Waals surface area contributed by atoms with Gasteiger partial charge in [-0.1, -0.05) is 0 Å². The van der Waals surface area contributed by atoms with E-state index in [9.17, 15) is 14.7 Å². The molecule has 0 bridgehead atoms. The van der Waals surface area contributed by atoms with Gasteiger partial charge in [0, 0.05) is 5.75 Å². The van der Waals surface area contributed by atoms with E-state index in [1.165, 1.54) is 11.8 Å². The molecule has 0 spiro atoms. The predicted octanol–water partition coefficient (Wildman–Crippen LogP) is -1.26. The van der Waals surface area contributed by atoms with Crippen molar-refractivity contribution in [1.29, 1.82) is 0 Å². The summed E-state index contributed by atoms with van der Waals surface area (Å²) in [6.07, 6.45) is -0.642. The number of amides is 2. The summed E-state index contributed by atoms with van der Waals surface area (Å²) in [5.41, 5.74) is 0. The number of imide groups is 1. The van der Waals surface area contributed by atoms with Crippen LogP contribution in [0.1, 0.15) is 0 Å². The molecule has 4 nitrogen and oxygen atoms in total. The van der Waals surface area contributed by atoms with E-state index >= 15 is 0 Å². The Morgan fingerprint density at radius 3 is 2.82 bits per heavy atom. The monoisotopic (exact) mass is 173 g/mol. The van der Waals surface area contributed by atoms with Gasteiger partial charge < -0.3 is 5.11 Å². The van der Waals surface area contributed by atoms with Crippen LogP contribution in [0.4, 0.5) is 0 Å². The van der Waals surface area contributed by atoms with Crippen LogP contribution in [0.25, 0.3) is 0 Å². The summed E-state index contributed by atoms with van der Waals surface area (Å²) in [5.74, 6) is -0.569. The van der Waals surface area contributed by atoms with Crippen molar-refractivity contribution in [3.05, 3.63) is 0 Å². The molecule has 2 fully saturated rings. The molecule has 0 aromatic rings. The van der Waals surface area contributed by atoms with Crippen LogP contribution in [0.2, 0.25) is 0 Å². The van der Waals surface area contributed by atoms with Crippen LogP contribution in [0.5, 0.6) is 0 Å². The second kappa shape index (κ2) is 2.22. The fourth-order valence-corrected chi connectivity index (χ4v) is 2.77. The average Bonchev–Trinajstić information content (AvgIpc) is 2.41. The highest BCUT2D eigenvalue weighted by Crippen LogP contribution is 2.35. The van der Waals surface area contributed by atoms with Gasteiger partial charge in [-0.2, -0.15) is 0 Å². The van der Waals surface area contributed by atoms with E-state index in [2.05, 4.69) is 5.32 Å². The normalized spacial score (nSPS) is 42.5. The smallest absolute Gasteiger partial charge is 0.240 e. The van der Waals surface area contributed by atoms with Crippen LogP contribution >= 0.6 is 11.8 Å². The number of rotatable bonds is 0. The molecule has 2 heterocycles. The number of thioether (sulfide) groups is 1. The Kier molecular flexibility index (Phi) is 1.43. The Morgan fingerprint density at radius 1 is 1.45 bits per heavy atom. The summed E-state index contributed by atoms with van der Waals surface area (Å²) >= 11 is 1.35. The second-order valence-electron chi connectivity index (χ2n) is 2.70. The van der Waals surface area contributed by atoms with E-state index in [0.29, 0.717) is 5.75 Å². The molecular formula is C6H7NO3S. The minimum atomic E-state index is -0.642. The van der Waals surface area contributed by atoms with Crippen LogP contribution in [0, 0.1) is 5.92 Å². The van der Waals surface area contributed by atoms with Gasteiger partial charge in [-0.25, -0.2) is 0 Å². The molecule has 0 aromatic carbocycles. The summed E-state index contributed by atoms with van der Waals surface area (Å²) in [6.45, 7) is 0. The first-order chi connectivity index (χ1) is 5.20. The second-order valence-corrected chi connectivity index (χ2v) is 3.88.